The molecular formula is C22H24FN3O4S2. The van der Waals surface area contributed by atoms with Gasteiger partial charge in [-0.2, -0.15) is 0 Å². The van der Waals surface area contributed by atoms with Gasteiger partial charge in [-0.25, -0.2) is 17.5 Å². The molecule has 0 radical (unpaired) electrons. The topological polar surface area (TPSA) is 77.6 Å². The number of nitrogens with zero attached hydrogens (tertiary/aromatic N) is 3. The van der Waals surface area contributed by atoms with Crippen molar-refractivity contribution >= 4 is 22.1 Å². The second-order valence-corrected chi connectivity index (χ2v) is 10.4. The predicted octanol–water partition coefficient (Wildman–Crippen LogP) is 4.13. The summed E-state index contributed by atoms with van der Waals surface area (Å²) in [6, 6.07) is 15.8. The first-order valence-electron chi connectivity index (χ1n) is 10.3. The third-order valence-corrected chi connectivity index (χ3v) is 7.42. The zero-order chi connectivity index (χ0) is 22.7. The van der Waals surface area contributed by atoms with Crippen LogP contribution in [0.4, 0.5) is 4.39 Å². The number of hydrogen-bond acceptors (Lipinski definition) is 7. The Morgan fingerprint density at radius 2 is 1.97 bits per heavy atom. The lowest BCUT2D eigenvalue weighted by molar-refractivity contribution is 0.144. The highest BCUT2D eigenvalue weighted by atomic mass is 32.2. The van der Waals surface area contributed by atoms with E-state index in [1.54, 1.807) is 19.1 Å². The Labute approximate surface area is 191 Å². The van der Waals surface area contributed by atoms with Gasteiger partial charge in [0.1, 0.15) is 0 Å². The lowest BCUT2D eigenvalue weighted by Gasteiger charge is -2.27. The van der Waals surface area contributed by atoms with Crippen molar-refractivity contribution in [3.05, 3.63) is 76.7 Å². The molecule has 4 rings (SSSR count). The molecule has 7 nitrogen and oxygen atoms in total. The molecule has 0 bridgehead atoms. The molecule has 1 aliphatic heterocycles. The standard InChI is InChI=1S/C22H24FN3O4S2/c1-16(29-20-10-6-5-9-19(20)23)21-24-26(22(31)30-21)15-25(13-17-7-3-2-4-8-17)18-11-12-32(27,28)14-18/h2-10,16,18H,11-15H2,1H3/t16-,18-/m1/s1. The van der Waals surface area contributed by atoms with Crippen LogP contribution in [0.25, 0.3) is 0 Å². The molecular weight excluding hydrogens is 453 g/mol. The Bertz CT molecular complexity index is 1230. The molecule has 1 saturated heterocycles. The second kappa shape index (κ2) is 9.51. The zero-order valence-corrected chi connectivity index (χ0v) is 19.2. The van der Waals surface area contributed by atoms with E-state index in [2.05, 4.69) is 5.10 Å². The molecule has 2 atom stereocenters. The van der Waals surface area contributed by atoms with Crippen molar-refractivity contribution in [2.45, 2.75) is 38.7 Å². The molecule has 32 heavy (non-hydrogen) atoms. The molecule has 1 aromatic heterocycles. The first-order chi connectivity index (χ1) is 15.3. The third-order valence-electron chi connectivity index (χ3n) is 5.38. The van der Waals surface area contributed by atoms with E-state index < -0.39 is 21.8 Å². The van der Waals surface area contributed by atoms with Crippen LogP contribution < -0.4 is 4.74 Å². The number of halogens is 1. The largest absolute Gasteiger partial charge is 0.478 e. The first-order valence-corrected chi connectivity index (χ1v) is 12.5. The van der Waals surface area contributed by atoms with Crippen molar-refractivity contribution in [1.29, 1.82) is 0 Å². The van der Waals surface area contributed by atoms with Gasteiger partial charge in [-0.1, -0.05) is 42.5 Å². The maximum absolute atomic E-state index is 13.9. The van der Waals surface area contributed by atoms with Crippen LogP contribution in [0.3, 0.4) is 0 Å². The summed E-state index contributed by atoms with van der Waals surface area (Å²) in [4.78, 5) is 2.19. The Hall–Kier alpha value is -2.56. The number of para-hydroxylation sites is 1. The van der Waals surface area contributed by atoms with Crippen LogP contribution in [0.5, 0.6) is 5.75 Å². The summed E-state index contributed by atoms with van der Waals surface area (Å²) in [5, 5.41) is 4.43. The zero-order valence-electron chi connectivity index (χ0n) is 17.6. The Morgan fingerprint density at radius 1 is 1.25 bits per heavy atom. The summed E-state index contributed by atoms with van der Waals surface area (Å²) in [5.41, 5.74) is 1.06. The number of hydrogen-bond donors (Lipinski definition) is 0. The van der Waals surface area contributed by atoms with Gasteiger partial charge in [0.2, 0.25) is 0 Å². The van der Waals surface area contributed by atoms with Gasteiger partial charge in [0, 0.05) is 12.6 Å². The van der Waals surface area contributed by atoms with E-state index in [1.807, 2.05) is 35.2 Å². The van der Waals surface area contributed by atoms with Gasteiger partial charge in [0.15, 0.2) is 27.5 Å². The highest BCUT2D eigenvalue weighted by molar-refractivity contribution is 7.91. The van der Waals surface area contributed by atoms with E-state index in [4.69, 9.17) is 21.4 Å². The minimum atomic E-state index is -3.06. The molecule has 1 aliphatic rings. The summed E-state index contributed by atoms with van der Waals surface area (Å²) in [5.74, 6) is 0.111. The Kier molecular flexibility index (Phi) is 6.73. The smallest absolute Gasteiger partial charge is 0.288 e. The molecule has 1 fully saturated rings. The van der Waals surface area contributed by atoms with Crippen molar-refractivity contribution in [1.82, 2.24) is 14.7 Å². The molecule has 170 valence electrons. The summed E-state index contributed by atoms with van der Waals surface area (Å²) in [6.45, 7) is 2.51. The monoisotopic (exact) mass is 477 g/mol. The fourth-order valence-electron chi connectivity index (χ4n) is 3.71. The predicted molar refractivity (Wildman–Crippen MR) is 120 cm³/mol. The van der Waals surface area contributed by atoms with E-state index in [-0.39, 0.29) is 40.7 Å². The number of ether oxygens (including phenoxy) is 1. The SMILES string of the molecule is C[C@@H](Oc1ccccc1F)c1nn(CN(Cc2ccccc2)[C@@H]2CCS(=O)(=O)C2)c(=S)o1. The van der Waals surface area contributed by atoms with Crippen LogP contribution in [-0.2, 0) is 23.1 Å². The van der Waals surface area contributed by atoms with E-state index in [1.165, 1.54) is 16.8 Å². The quantitative estimate of drug-likeness (QED) is 0.452. The van der Waals surface area contributed by atoms with Gasteiger partial charge >= 0.3 is 0 Å². The van der Waals surface area contributed by atoms with Crippen molar-refractivity contribution in [2.75, 3.05) is 11.5 Å². The maximum Gasteiger partial charge on any atom is 0.288 e. The minimum Gasteiger partial charge on any atom is -0.478 e. The van der Waals surface area contributed by atoms with Gasteiger partial charge in [-0.3, -0.25) is 4.90 Å². The van der Waals surface area contributed by atoms with Gasteiger partial charge < -0.3 is 9.15 Å². The Balaban J connectivity index is 1.54. The normalized spacial score (nSPS) is 18.7. The average molecular weight is 478 g/mol. The van der Waals surface area contributed by atoms with Gasteiger partial charge in [-0.15, -0.1) is 5.10 Å². The van der Waals surface area contributed by atoms with Crippen molar-refractivity contribution in [3.8, 4) is 5.75 Å². The van der Waals surface area contributed by atoms with Crippen molar-refractivity contribution in [2.24, 2.45) is 0 Å². The molecule has 0 N–H and O–H groups in total. The van der Waals surface area contributed by atoms with Crippen LogP contribution in [-0.4, -0.2) is 40.6 Å². The van der Waals surface area contributed by atoms with E-state index >= 15 is 0 Å². The first kappa shape index (κ1) is 22.6. The number of benzene rings is 2. The van der Waals surface area contributed by atoms with Crippen LogP contribution in [0.2, 0.25) is 0 Å². The van der Waals surface area contributed by atoms with Crippen molar-refractivity contribution < 1.29 is 22.0 Å². The molecule has 2 heterocycles. The third kappa shape index (κ3) is 5.43. The fourth-order valence-corrected chi connectivity index (χ4v) is 5.65. The van der Waals surface area contributed by atoms with Gasteiger partial charge in [-0.05, 0) is 43.3 Å². The number of sulfone groups is 1. The average Bonchev–Trinajstić information content (AvgIpc) is 3.32. The lowest BCUT2D eigenvalue weighted by Crippen LogP contribution is -2.37. The molecule has 0 unspecified atom stereocenters. The minimum absolute atomic E-state index is 0.0949. The van der Waals surface area contributed by atoms with E-state index in [0.717, 1.165) is 5.56 Å². The van der Waals surface area contributed by atoms with Gasteiger partial charge in [0.05, 0.1) is 18.2 Å². The second-order valence-electron chi connectivity index (χ2n) is 7.83. The highest BCUT2D eigenvalue weighted by Gasteiger charge is 2.33. The fraction of sp³-hybridized carbons (Fsp3) is 0.364. The van der Waals surface area contributed by atoms with E-state index in [9.17, 15) is 12.8 Å². The lowest BCUT2D eigenvalue weighted by atomic mass is 10.1. The van der Waals surface area contributed by atoms with Gasteiger partial charge in [0.25, 0.3) is 10.7 Å². The molecule has 0 saturated carbocycles. The van der Waals surface area contributed by atoms with Crippen LogP contribution in [0, 0.1) is 10.7 Å². The summed E-state index contributed by atoms with van der Waals surface area (Å²) >= 11 is 5.34. The summed E-state index contributed by atoms with van der Waals surface area (Å²) in [7, 11) is -3.06. The number of aromatic nitrogens is 2. The summed E-state index contributed by atoms with van der Waals surface area (Å²) < 4.78 is 50.8. The molecule has 3 aromatic rings. The van der Waals surface area contributed by atoms with Crippen LogP contribution in [0.15, 0.2) is 59.0 Å². The maximum atomic E-state index is 13.9. The van der Waals surface area contributed by atoms with Crippen LogP contribution >= 0.6 is 12.2 Å². The number of rotatable bonds is 8. The van der Waals surface area contributed by atoms with E-state index in [0.29, 0.717) is 13.0 Å². The summed E-state index contributed by atoms with van der Waals surface area (Å²) in [6.07, 6.45) is -0.107. The molecule has 10 heteroatoms. The molecule has 0 amide bonds. The highest BCUT2D eigenvalue weighted by Crippen LogP contribution is 2.25. The molecule has 0 aliphatic carbocycles. The van der Waals surface area contributed by atoms with Crippen LogP contribution in [0.1, 0.15) is 30.9 Å². The Morgan fingerprint density at radius 3 is 2.66 bits per heavy atom. The molecule has 2 aromatic carbocycles. The van der Waals surface area contributed by atoms with Crippen molar-refractivity contribution in [3.63, 3.8) is 0 Å². The molecule has 0 spiro atoms.